The second-order valence-electron chi connectivity index (χ2n) is 6.17. The van der Waals surface area contributed by atoms with Crippen LogP contribution in [0.3, 0.4) is 0 Å². The lowest BCUT2D eigenvalue weighted by Crippen LogP contribution is -2.30. The maximum atomic E-state index is 12.3. The Labute approximate surface area is 172 Å². The number of hydrogen-bond acceptors (Lipinski definition) is 7. The highest BCUT2D eigenvalue weighted by atomic mass is 32.2. The number of nitrogens with zero attached hydrogens (tertiary/aromatic N) is 1. The second-order valence-corrected chi connectivity index (χ2v) is 7.34. The number of hydrogen-bond donors (Lipinski definition) is 1. The van der Waals surface area contributed by atoms with Gasteiger partial charge in [-0.2, -0.15) is 0 Å². The van der Waals surface area contributed by atoms with Gasteiger partial charge in [0.15, 0.2) is 6.10 Å². The number of aryl methyl sites for hydroxylation is 1. The monoisotopic (exact) mass is 418 g/mol. The molecule has 0 unspecified atom stereocenters. The largest absolute Gasteiger partial charge is 0.494 e. The first-order valence-electron chi connectivity index (χ1n) is 8.82. The molecule has 9 heteroatoms. The van der Waals surface area contributed by atoms with E-state index < -0.39 is 22.9 Å². The van der Waals surface area contributed by atoms with Gasteiger partial charge in [-0.1, -0.05) is 17.7 Å². The predicted octanol–water partition coefficient (Wildman–Crippen LogP) is 3.96. The minimum absolute atomic E-state index is 0.139. The third-order valence-corrected chi connectivity index (χ3v) is 4.94. The molecule has 2 aromatic rings. The van der Waals surface area contributed by atoms with Crippen LogP contribution in [-0.2, 0) is 14.3 Å². The van der Waals surface area contributed by atoms with E-state index in [1.807, 2.05) is 31.2 Å². The Morgan fingerprint density at radius 2 is 1.90 bits per heavy atom. The molecule has 0 heterocycles. The molecule has 0 radical (unpaired) electrons. The minimum Gasteiger partial charge on any atom is -0.494 e. The number of anilines is 1. The molecule has 154 valence electrons. The summed E-state index contributed by atoms with van der Waals surface area (Å²) in [6.07, 6.45) is -0.858. The Morgan fingerprint density at radius 1 is 1.21 bits per heavy atom. The number of esters is 1. The highest BCUT2D eigenvalue weighted by molar-refractivity contribution is 7.99. The van der Waals surface area contributed by atoms with E-state index in [-0.39, 0.29) is 23.5 Å². The third kappa shape index (κ3) is 6.79. The summed E-state index contributed by atoms with van der Waals surface area (Å²) in [5.41, 5.74) is 1.25. The van der Waals surface area contributed by atoms with Gasteiger partial charge in [-0.15, -0.1) is 11.8 Å². The number of amides is 1. The average molecular weight is 418 g/mol. The number of nitro benzene ring substituents is 1. The summed E-state index contributed by atoms with van der Waals surface area (Å²) in [6, 6.07) is 11.8. The smallest absolute Gasteiger partial charge is 0.307 e. The van der Waals surface area contributed by atoms with Crippen molar-refractivity contribution >= 4 is 35.0 Å². The Balaban J connectivity index is 1.84. The number of nitro groups is 1. The molecule has 1 atom stereocenters. The molecular weight excluding hydrogens is 396 g/mol. The van der Waals surface area contributed by atoms with Crippen LogP contribution in [0.2, 0.25) is 0 Å². The summed E-state index contributed by atoms with van der Waals surface area (Å²) in [5, 5.41) is 13.4. The van der Waals surface area contributed by atoms with E-state index in [2.05, 4.69) is 5.32 Å². The Kier molecular flexibility index (Phi) is 8.02. The Bertz CT molecular complexity index is 885. The molecule has 8 nitrogen and oxygen atoms in total. The fraction of sp³-hybridized carbons (Fsp3) is 0.300. The highest BCUT2D eigenvalue weighted by Crippen LogP contribution is 2.29. The number of carbonyl (C=O) groups is 2. The predicted molar refractivity (Wildman–Crippen MR) is 110 cm³/mol. The van der Waals surface area contributed by atoms with Gasteiger partial charge >= 0.3 is 5.97 Å². The van der Waals surface area contributed by atoms with Gasteiger partial charge in [-0.05, 0) is 32.0 Å². The molecule has 2 aromatic carbocycles. The van der Waals surface area contributed by atoms with Crippen molar-refractivity contribution in [1.29, 1.82) is 0 Å². The van der Waals surface area contributed by atoms with E-state index in [1.165, 1.54) is 49.6 Å². The molecule has 0 bridgehead atoms. The third-order valence-electron chi connectivity index (χ3n) is 3.93. The number of ether oxygens (including phenoxy) is 2. The van der Waals surface area contributed by atoms with Crippen molar-refractivity contribution in [2.75, 3.05) is 18.2 Å². The molecule has 0 aliphatic carbocycles. The van der Waals surface area contributed by atoms with Crippen LogP contribution in [0.15, 0.2) is 47.4 Å². The first-order chi connectivity index (χ1) is 13.8. The maximum absolute atomic E-state index is 12.3. The zero-order valence-electron chi connectivity index (χ0n) is 16.3. The Hall–Kier alpha value is -3.07. The molecule has 0 aromatic heterocycles. The van der Waals surface area contributed by atoms with E-state index in [1.54, 1.807) is 0 Å². The molecule has 0 aliphatic rings. The van der Waals surface area contributed by atoms with Crippen LogP contribution in [0.1, 0.15) is 18.9 Å². The average Bonchev–Trinajstić information content (AvgIpc) is 2.69. The number of thioether (sulfide) groups is 1. The molecule has 2 rings (SSSR count). The van der Waals surface area contributed by atoms with Gasteiger partial charge in [0.1, 0.15) is 5.75 Å². The van der Waals surface area contributed by atoms with Crippen molar-refractivity contribution in [3.63, 3.8) is 0 Å². The lowest BCUT2D eigenvalue weighted by molar-refractivity contribution is -0.384. The van der Waals surface area contributed by atoms with Crippen molar-refractivity contribution in [2.45, 2.75) is 31.3 Å². The second kappa shape index (κ2) is 10.5. The van der Waals surface area contributed by atoms with Gasteiger partial charge in [0.25, 0.3) is 11.6 Å². The SMILES string of the molecule is COc1cc([N+](=O)[O-])ccc1NC(=O)[C@H](C)OC(=O)CCSc1ccc(C)cc1. The Morgan fingerprint density at radius 3 is 2.52 bits per heavy atom. The zero-order valence-corrected chi connectivity index (χ0v) is 17.2. The maximum Gasteiger partial charge on any atom is 0.307 e. The molecule has 0 aliphatic heterocycles. The first kappa shape index (κ1) is 22.2. The fourth-order valence-corrected chi connectivity index (χ4v) is 3.16. The van der Waals surface area contributed by atoms with Crippen molar-refractivity contribution < 1.29 is 24.0 Å². The van der Waals surface area contributed by atoms with E-state index >= 15 is 0 Å². The van der Waals surface area contributed by atoms with Crippen molar-refractivity contribution in [2.24, 2.45) is 0 Å². The van der Waals surface area contributed by atoms with Crippen LogP contribution >= 0.6 is 11.8 Å². The van der Waals surface area contributed by atoms with Crippen LogP contribution in [0.4, 0.5) is 11.4 Å². The number of benzene rings is 2. The standard InChI is InChI=1S/C20H22N2O6S/c1-13-4-7-16(8-5-13)29-11-10-19(23)28-14(2)20(24)21-17-9-6-15(22(25)26)12-18(17)27-3/h4-9,12,14H,10-11H2,1-3H3,(H,21,24)/t14-/m0/s1. The summed E-state index contributed by atoms with van der Waals surface area (Å²) < 4.78 is 10.2. The number of non-ortho nitro benzene ring substituents is 1. The summed E-state index contributed by atoms with van der Waals surface area (Å²) in [4.78, 5) is 35.6. The summed E-state index contributed by atoms with van der Waals surface area (Å²) in [7, 11) is 1.34. The van der Waals surface area contributed by atoms with Crippen LogP contribution in [0.25, 0.3) is 0 Å². The number of methoxy groups -OCH3 is 1. The minimum atomic E-state index is -1.02. The van der Waals surface area contributed by atoms with Crippen molar-refractivity contribution in [1.82, 2.24) is 0 Å². The van der Waals surface area contributed by atoms with Gasteiger partial charge in [0.2, 0.25) is 0 Å². The van der Waals surface area contributed by atoms with Crippen LogP contribution in [-0.4, -0.2) is 35.8 Å². The van der Waals surface area contributed by atoms with Crippen LogP contribution < -0.4 is 10.1 Å². The van der Waals surface area contributed by atoms with Gasteiger partial charge in [0, 0.05) is 16.7 Å². The highest BCUT2D eigenvalue weighted by Gasteiger charge is 2.20. The van der Waals surface area contributed by atoms with Crippen LogP contribution in [0.5, 0.6) is 5.75 Å². The topological polar surface area (TPSA) is 108 Å². The lowest BCUT2D eigenvalue weighted by Gasteiger charge is -2.15. The molecule has 1 amide bonds. The summed E-state index contributed by atoms with van der Waals surface area (Å²) >= 11 is 1.53. The first-order valence-corrected chi connectivity index (χ1v) is 9.81. The van der Waals surface area contributed by atoms with Crippen molar-refractivity contribution in [3.8, 4) is 5.75 Å². The summed E-state index contributed by atoms with van der Waals surface area (Å²) in [6.45, 7) is 3.46. The number of carbonyl (C=O) groups excluding carboxylic acids is 2. The molecule has 29 heavy (non-hydrogen) atoms. The number of nitrogens with one attached hydrogen (secondary N) is 1. The van der Waals surface area contributed by atoms with Crippen molar-refractivity contribution in [3.05, 3.63) is 58.1 Å². The van der Waals surface area contributed by atoms with E-state index in [4.69, 9.17) is 9.47 Å². The molecular formula is C20H22N2O6S. The van der Waals surface area contributed by atoms with Gasteiger partial charge in [-0.25, -0.2) is 0 Å². The van der Waals surface area contributed by atoms with Crippen LogP contribution in [0, 0.1) is 17.0 Å². The summed E-state index contributed by atoms with van der Waals surface area (Å²) in [5.74, 6) is -0.368. The fourth-order valence-electron chi connectivity index (χ4n) is 2.33. The molecule has 0 fully saturated rings. The molecule has 0 saturated heterocycles. The molecule has 0 saturated carbocycles. The van der Waals surface area contributed by atoms with E-state index in [0.29, 0.717) is 5.75 Å². The molecule has 1 N–H and O–H groups in total. The zero-order chi connectivity index (χ0) is 21.4. The van der Waals surface area contributed by atoms with E-state index in [9.17, 15) is 19.7 Å². The van der Waals surface area contributed by atoms with Gasteiger partial charge in [-0.3, -0.25) is 19.7 Å². The van der Waals surface area contributed by atoms with Gasteiger partial charge < -0.3 is 14.8 Å². The lowest BCUT2D eigenvalue weighted by atomic mass is 10.2. The van der Waals surface area contributed by atoms with Gasteiger partial charge in [0.05, 0.1) is 30.2 Å². The number of rotatable bonds is 9. The quantitative estimate of drug-likeness (QED) is 0.284. The molecule has 0 spiro atoms. The normalized spacial score (nSPS) is 11.4. The van der Waals surface area contributed by atoms with E-state index in [0.717, 1.165) is 4.90 Å².